The monoisotopic (exact) mass is 409 g/mol. The number of carbonyl (C=O) groups is 4. The lowest BCUT2D eigenvalue weighted by atomic mass is 10.1. The van der Waals surface area contributed by atoms with E-state index in [1.165, 1.54) is 19.1 Å². The quantitative estimate of drug-likeness (QED) is 0.674. The number of likely N-dealkylation sites (N-methyl/N-ethyl adjacent to an activating group) is 1. The lowest BCUT2D eigenvalue weighted by Crippen LogP contribution is -2.36. The highest BCUT2D eigenvalue weighted by atomic mass is 16.5. The summed E-state index contributed by atoms with van der Waals surface area (Å²) < 4.78 is 5.11. The van der Waals surface area contributed by atoms with Crippen molar-refractivity contribution in [2.24, 2.45) is 0 Å². The molecule has 1 aliphatic heterocycles. The molecule has 8 nitrogen and oxygen atoms in total. The second kappa shape index (κ2) is 9.21. The number of ether oxygens (including phenoxy) is 1. The number of fused-ring (bicyclic) bond motifs is 1. The number of imide groups is 1. The summed E-state index contributed by atoms with van der Waals surface area (Å²) in [4.78, 5) is 51.6. The predicted octanol–water partition coefficient (Wildman–Crippen LogP) is 2.17. The Bertz CT molecular complexity index is 953. The van der Waals surface area contributed by atoms with Gasteiger partial charge in [-0.1, -0.05) is 18.2 Å². The molecule has 4 amide bonds. The molecule has 30 heavy (non-hydrogen) atoms. The molecular formula is C22H23N3O5. The van der Waals surface area contributed by atoms with Gasteiger partial charge in [0.1, 0.15) is 5.75 Å². The molecule has 0 saturated heterocycles. The van der Waals surface area contributed by atoms with Crippen molar-refractivity contribution in [1.29, 1.82) is 0 Å². The predicted molar refractivity (Wildman–Crippen MR) is 110 cm³/mol. The molecule has 0 aromatic heterocycles. The first-order valence-corrected chi connectivity index (χ1v) is 9.54. The number of hydrogen-bond acceptors (Lipinski definition) is 5. The van der Waals surface area contributed by atoms with Crippen LogP contribution >= 0.6 is 0 Å². The van der Waals surface area contributed by atoms with Crippen LogP contribution in [-0.2, 0) is 9.59 Å². The second-order valence-electron chi connectivity index (χ2n) is 6.94. The van der Waals surface area contributed by atoms with Crippen LogP contribution in [0.5, 0.6) is 5.75 Å². The van der Waals surface area contributed by atoms with Crippen molar-refractivity contribution in [2.75, 3.05) is 32.6 Å². The van der Waals surface area contributed by atoms with E-state index < -0.39 is 0 Å². The molecule has 2 aromatic rings. The van der Waals surface area contributed by atoms with Crippen molar-refractivity contribution < 1.29 is 23.9 Å². The van der Waals surface area contributed by atoms with Crippen LogP contribution in [0.3, 0.4) is 0 Å². The largest absolute Gasteiger partial charge is 0.497 e. The van der Waals surface area contributed by atoms with Gasteiger partial charge in [0.25, 0.3) is 11.8 Å². The number of benzene rings is 2. The number of anilines is 1. The smallest absolute Gasteiger partial charge is 0.261 e. The van der Waals surface area contributed by atoms with Crippen LogP contribution in [0.1, 0.15) is 33.6 Å². The fraction of sp³-hybridized carbons (Fsp3) is 0.273. The Balaban J connectivity index is 1.45. The highest BCUT2D eigenvalue weighted by Gasteiger charge is 2.34. The van der Waals surface area contributed by atoms with Gasteiger partial charge in [-0.2, -0.15) is 0 Å². The van der Waals surface area contributed by atoms with E-state index in [0.717, 1.165) is 4.90 Å². The van der Waals surface area contributed by atoms with Crippen LogP contribution in [0.15, 0.2) is 48.5 Å². The zero-order chi connectivity index (χ0) is 21.7. The summed E-state index contributed by atoms with van der Waals surface area (Å²) in [5.41, 5.74) is 1.35. The Kier molecular flexibility index (Phi) is 6.46. The summed E-state index contributed by atoms with van der Waals surface area (Å²) in [5.74, 6) is -0.639. The Labute approximate surface area is 174 Å². The van der Waals surface area contributed by atoms with Crippen LogP contribution in [0.25, 0.3) is 0 Å². The molecule has 1 heterocycles. The number of carbonyl (C=O) groups excluding carboxylic acids is 4. The highest BCUT2D eigenvalue weighted by Crippen LogP contribution is 2.22. The molecule has 0 fully saturated rings. The summed E-state index contributed by atoms with van der Waals surface area (Å²) in [6, 6.07) is 13.6. The molecule has 0 atom stereocenters. The second-order valence-corrected chi connectivity index (χ2v) is 6.94. The summed E-state index contributed by atoms with van der Waals surface area (Å²) in [5, 5.41) is 2.71. The molecule has 0 spiro atoms. The number of amides is 4. The average Bonchev–Trinajstić information content (AvgIpc) is 2.98. The molecule has 0 unspecified atom stereocenters. The van der Waals surface area contributed by atoms with Gasteiger partial charge in [0.05, 0.1) is 24.8 Å². The van der Waals surface area contributed by atoms with E-state index in [2.05, 4.69) is 5.32 Å². The Morgan fingerprint density at radius 1 is 1.03 bits per heavy atom. The molecular weight excluding hydrogens is 386 g/mol. The lowest BCUT2D eigenvalue weighted by molar-refractivity contribution is -0.133. The van der Waals surface area contributed by atoms with Gasteiger partial charge in [0.2, 0.25) is 11.8 Å². The Morgan fingerprint density at radius 3 is 2.33 bits per heavy atom. The molecule has 156 valence electrons. The van der Waals surface area contributed by atoms with E-state index in [9.17, 15) is 19.2 Å². The van der Waals surface area contributed by atoms with E-state index in [-0.39, 0.29) is 43.1 Å². The average molecular weight is 409 g/mol. The maximum absolute atomic E-state index is 12.3. The van der Waals surface area contributed by atoms with Crippen LogP contribution in [0.4, 0.5) is 5.69 Å². The number of rotatable bonds is 8. The molecule has 0 saturated carbocycles. The molecule has 8 heteroatoms. The molecule has 3 rings (SSSR count). The zero-order valence-electron chi connectivity index (χ0n) is 16.9. The van der Waals surface area contributed by atoms with Crippen molar-refractivity contribution in [1.82, 2.24) is 9.80 Å². The minimum atomic E-state index is -0.339. The van der Waals surface area contributed by atoms with Crippen LogP contribution in [-0.4, -0.2) is 60.7 Å². The zero-order valence-corrected chi connectivity index (χ0v) is 16.9. The first-order chi connectivity index (χ1) is 14.4. The minimum Gasteiger partial charge on any atom is -0.497 e. The maximum Gasteiger partial charge on any atom is 0.261 e. The van der Waals surface area contributed by atoms with E-state index in [1.54, 1.807) is 48.5 Å². The molecule has 0 bridgehead atoms. The van der Waals surface area contributed by atoms with Crippen molar-refractivity contribution in [2.45, 2.75) is 12.8 Å². The third-order valence-electron chi connectivity index (χ3n) is 4.81. The van der Waals surface area contributed by atoms with Gasteiger partial charge in [-0.05, 0) is 30.7 Å². The van der Waals surface area contributed by atoms with Crippen molar-refractivity contribution in [3.8, 4) is 5.75 Å². The molecule has 1 aliphatic rings. The van der Waals surface area contributed by atoms with Crippen molar-refractivity contribution in [3.63, 3.8) is 0 Å². The molecule has 1 N–H and O–H groups in total. The van der Waals surface area contributed by atoms with Crippen LogP contribution in [0, 0.1) is 0 Å². The van der Waals surface area contributed by atoms with Crippen LogP contribution < -0.4 is 10.1 Å². The minimum absolute atomic E-state index is 0.108. The fourth-order valence-corrected chi connectivity index (χ4v) is 3.23. The highest BCUT2D eigenvalue weighted by molar-refractivity contribution is 6.21. The van der Waals surface area contributed by atoms with Gasteiger partial charge in [-0.15, -0.1) is 0 Å². The lowest BCUT2D eigenvalue weighted by Gasteiger charge is -2.18. The standard InChI is InChI=1S/C22H23N3O5/c1-24(14-19(26)23-15-7-5-8-16(13-15)30-2)20(27)11-6-12-25-21(28)17-9-3-4-10-18(17)22(25)29/h3-5,7-10,13H,6,11-12,14H2,1-2H3,(H,23,26). The SMILES string of the molecule is COc1cccc(NC(=O)CN(C)C(=O)CCCN2C(=O)c3ccccc3C2=O)c1. The number of nitrogens with one attached hydrogen (secondary N) is 1. The van der Waals surface area contributed by atoms with Gasteiger partial charge in [0.15, 0.2) is 0 Å². The summed E-state index contributed by atoms with van der Waals surface area (Å²) in [6.07, 6.45) is 0.447. The Hall–Kier alpha value is -3.68. The normalized spacial score (nSPS) is 12.5. The van der Waals surface area contributed by atoms with Gasteiger partial charge in [-0.3, -0.25) is 24.1 Å². The van der Waals surface area contributed by atoms with Gasteiger partial charge < -0.3 is 15.0 Å². The summed E-state index contributed by atoms with van der Waals surface area (Å²) in [6.45, 7) is 0.0466. The van der Waals surface area contributed by atoms with Gasteiger partial charge in [-0.25, -0.2) is 0 Å². The van der Waals surface area contributed by atoms with E-state index in [4.69, 9.17) is 4.74 Å². The number of hydrogen-bond donors (Lipinski definition) is 1. The van der Waals surface area contributed by atoms with Crippen molar-refractivity contribution in [3.05, 3.63) is 59.7 Å². The first-order valence-electron chi connectivity index (χ1n) is 9.54. The third-order valence-corrected chi connectivity index (χ3v) is 4.81. The van der Waals surface area contributed by atoms with E-state index in [1.807, 2.05) is 0 Å². The van der Waals surface area contributed by atoms with Crippen LogP contribution in [0.2, 0.25) is 0 Å². The first kappa shape index (κ1) is 21.0. The molecule has 2 aromatic carbocycles. The van der Waals surface area contributed by atoms with E-state index >= 15 is 0 Å². The third kappa shape index (κ3) is 4.65. The Morgan fingerprint density at radius 2 is 1.70 bits per heavy atom. The van der Waals surface area contributed by atoms with Crippen molar-refractivity contribution >= 4 is 29.3 Å². The summed E-state index contributed by atoms with van der Waals surface area (Å²) >= 11 is 0. The maximum atomic E-state index is 12.3. The topological polar surface area (TPSA) is 96.0 Å². The fourth-order valence-electron chi connectivity index (χ4n) is 3.23. The van der Waals surface area contributed by atoms with Gasteiger partial charge >= 0.3 is 0 Å². The molecule has 0 aliphatic carbocycles. The van der Waals surface area contributed by atoms with Gasteiger partial charge in [0, 0.05) is 31.8 Å². The van der Waals surface area contributed by atoms with E-state index in [0.29, 0.717) is 29.0 Å². The summed E-state index contributed by atoms with van der Waals surface area (Å²) in [7, 11) is 3.07. The number of methoxy groups -OCH3 is 1. The number of nitrogens with zero attached hydrogens (tertiary/aromatic N) is 2. The molecule has 0 radical (unpaired) electrons.